The first kappa shape index (κ1) is 23.8. The van der Waals surface area contributed by atoms with Crippen LogP contribution in [0.15, 0.2) is 60.0 Å². The zero-order chi connectivity index (χ0) is 23.8. The molecule has 0 aliphatic carbocycles. The van der Waals surface area contributed by atoms with E-state index in [0.717, 1.165) is 28.8 Å². The highest BCUT2D eigenvalue weighted by molar-refractivity contribution is 7.13. The highest BCUT2D eigenvalue weighted by Gasteiger charge is 2.17. The average molecular weight is 480 g/mol. The lowest BCUT2D eigenvalue weighted by molar-refractivity contribution is 0.0871. The fraction of sp³-hybridized carbons (Fsp3) is 0.308. The molecular weight excluding hydrogens is 450 g/mol. The number of carbonyl (C=O) groups excluding carboxylic acids is 2. The monoisotopic (exact) mass is 479 g/mol. The summed E-state index contributed by atoms with van der Waals surface area (Å²) < 4.78 is 10.9. The van der Waals surface area contributed by atoms with E-state index in [-0.39, 0.29) is 12.0 Å². The number of nitrogens with two attached hydrogens (primary N) is 1. The maximum atomic E-state index is 12.8. The Balaban J connectivity index is 1.40. The van der Waals surface area contributed by atoms with Gasteiger partial charge in [0.15, 0.2) is 0 Å². The van der Waals surface area contributed by atoms with Gasteiger partial charge in [0.05, 0.1) is 18.0 Å². The Morgan fingerprint density at radius 3 is 2.65 bits per heavy atom. The van der Waals surface area contributed by atoms with Crippen molar-refractivity contribution >= 4 is 34.7 Å². The van der Waals surface area contributed by atoms with E-state index in [1.807, 2.05) is 41.8 Å². The van der Waals surface area contributed by atoms with Crippen LogP contribution in [0.1, 0.15) is 35.2 Å². The number of nitrogen functional groups attached to an aromatic ring is 1. The number of nitrogens with zero attached hydrogens (tertiary/aromatic N) is 1. The highest BCUT2D eigenvalue weighted by Crippen LogP contribution is 2.30. The summed E-state index contributed by atoms with van der Waals surface area (Å²) in [6.45, 7) is 2.69. The molecule has 1 saturated heterocycles. The third kappa shape index (κ3) is 6.36. The van der Waals surface area contributed by atoms with Gasteiger partial charge in [-0.05, 0) is 59.7 Å². The van der Waals surface area contributed by atoms with Crippen LogP contribution >= 0.6 is 11.3 Å². The van der Waals surface area contributed by atoms with Crippen LogP contribution in [-0.2, 0) is 16.0 Å². The number of benzene rings is 2. The molecule has 2 aromatic carbocycles. The second-order valence-electron chi connectivity index (χ2n) is 8.14. The first-order valence-corrected chi connectivity index (χ1v) is 12.3. The number of anilines is 2. The van der Waals surface area contributed by atoms with Crippen LogP contribution in [0.3, 0.4) is 0 Å². The summed E-state index contributed by atoms with van der Waals surface area (Å²) in [5.41, 5.74) is 9.63. The van der Waals surface area contributed by atoms with E-state index < -0.39 is 0 Å². The molecule has 1 aromatic heterocycles. The van der Waals surface area contributed by atoms with Gasteiger partial charge in [-0.1, -0.05) is 24.3 Å². The normalized spacial score (nSPS) is 15.3. The van der Waals surface area contributed by atoms with Crippen LogP contribution in [0.25, 0.3) is 10.4 Å². The summed E-state index contributed by atoms with van der Waals surface area (Å²) in [5, 5.41) is 4.93. The van der Waals surface area contributed by atoms with Gasteiger partial charge in [0, 0.05) is 43.2 Å². The molecule has 34 heavy (non-hydrogen) atoms. The number of ether oxygens (including phenoxy) is 2. The van der Waals surface area contributed by atoms with Gasteiger partial charge in [0.25, 0.3) is 5.91 Å². The molecule has 0 bridgehead atoms. The number of thiophene rings is 1. The van der Waals surface area contributed by atoms with Gasteiger partial charge in [-0.15, -0.1) is 11.3 Å². The zero-order valence-corrected chi connectivity index (χ0v) is 19.8. The van der Waals surface area contributed by atoms with Crippen molar-refractivity contribution in [3.05, 3.63) is 71.1 Å². The number of hydrogen-bond donors (Lipinski definition) is 2. The molecule has 3 N–H and O–H groups in total. The van der Waals surface area contributed by atoms with Gasteiger partial charge in [0.1, 0.15) is 0 Å². The van der Waals surface area contributed by atoms with Crippen molar-refractivity contribution in [2.75, 3.05) is 37.4 Å². The third-order valence-electron chi connectivity index (χ3n) is 5.58. The maximum Gasteiger partial charge on any atom is 0.410 e. The predicted molar refractivity (Wildman–Crippen MR) is 135 cm³/mol. The molecule has 0 spiro atoms. The zero-order valence-electron chi connectivity index (χ0n) is 19.0. The van der Waals surface area contributed by atoms with Gasteiger partial charge in [-0.25, -0.2) is 4.79 Å². The van der Waals surface area contributed by atoms with Crippen LogP contribution in [0.2, 0.25) is 0 Å². The molecule has 3 aromatic rings. The van der Waals surface area contributed by atoms with E-state index in [1.54, 1.807) is 34.4 Å². The molecule has 0 atom stereocenters. The van der Waals surface area contributed by atoms with Crippen molar-refractivity contribution in [3.8, 4) is 10.4 Å². The highest BCUT2D eigenvalue weighted by atomic mass is 32.1. The van der Waals surface area contributed by atoms with Crippen LogP contribution in [0.5, 0.6) is 0 Å². The van der Waals surface area contributed by atoms with Crippen LogP contribution in [-0.4, -0.2) is 43.3 Å². The van der Waals surface area contributed by atoms with Crippen molar-refractivity contribution < 1.29 is 19.1 Å². The van der Waals surface area contributed by atoms with Gasteiger partial charge >= 0.3 is 6.09 Å². The second kappa shape index (κ2) is 11.7. The molecule has 1 fully saturated rings. The molecular formula is C26H29N3O4S. The first-order valence-electron chi connectivity index (χ1n) is 11.4. The summed E-state index contributed by atoms with van der Waals surface area (Å²) in [6, 6.07) is 16.9. The van der Waals surface area contributed by atoms with Gasteiger partial charge in [0.2, 0.25) is 0 Å². The lowest BCUT2D eigenvalue weighted by Gasteiger charge is -2.22. The summed E-state index contributed by atoms with van der Waals surface area (Å²) in [4.78, 5) is 28.1. The molecule has 178 valence electrons. The van der Waals surface area contributed by atoms with Crippen LogP contribution in [0.4, 0.5) is 16.2 Å². The number of nitrogens with one attached hydrogen (secondary N) is 1. The summed E-state index contributed by atoms with van der Waals surface area (Å²) in [5.74, 6) is -0.240. The van der Waals surface area contributed by atoms with Crippen LogP contribution < -0.4 is 11.1 Å². The molecule has 2 amide bonds. The minimum absolute atomic E-state index is 0.240. The fourth-order valence-electron chi connectivity index (χ4n) is 3.69. The lowest BCUT2D eigenvalue weighted by Crippen LogP contribution is -2.32. The van der Waals surface area contributed by atoms with Crippen molar-refractivity contribution in [1.29, 1.82) is 0 Å². The largest absolute Gasteiger partial charge is 0.449 e. The van der Waals surface area contributed by atoms with Crippen molar-refractivity contribution in [2.45, 2.75) is 25.8 Å². The molecule has 4 rings (SSSR count). The SMILES string of the molecule is Nc1ccc(-c2cccs2)cc1NC(=O)c1ccc(CN2CCCCOCCCOC2=O)cc1. The number of amides is 2. The van der Waals surface area contributed by atoms with E-state index in [4.69, 9.17) is 15.2 Å². The third-order valence-corrected chi connectivity index (χ3v) is 6.50. The number of carbonyl (C=O) groups is 2. The number of cyclic esters (lactones) is 1. The molecule has 1 aliphatic heterocycles. The van der Waals surface area contributed by atoms with E-state index in [9.17, 15) is 9.59 Å². The Bertz CT molecular complexity index is 1100. The lowest BCUT2D eigenvalue weighted by atomic mass is 10.1. The fourth-order valence-corrected chi connectivity index (χ4v) is 4.42. The molecule has 2 heterocycles. The van der Waals surface area contributed by atoms with Gasteiger partial charge < -0.3 is 25.4 Å². The topological polar surface area (TPSA) is 93.9 Å². The Labute approximate surface area is 203 Å². The maximum absolute atomic E-state index is 12.8. The summed E-state index contributed by atoms with van der Waals surface area (Å²) in [6.07, 6.45) is 2.13. The minimum atomic E-state index is -0.315. The standard InChI is InChI=1S/C26H29N3O4S/c27-22-11-10-21(24-5-3-16-34-24)17-23(22)28-25(30)20-8-6-19(7-9-20)18-29-12-1-2-13-32-14-4-15-33-26(29)31/h3,5-11,16-17H,1-2,4,12-15,18,27H2,(H,28,30). The predicted octanol–water partition coefficient (Wildman–Crippen LogP) is 5.39. The molecule has 1 aliphatic rings. The second-order valence-corrected chi connectivity index (χ2v) is 9.09. The molecule has 7 nitrogen and oxygen atoms in total. The van der Waals surface area contributed by atoms with E-state index in [2.05, 4.69) is 5.32 Å². The minimum Gasteiger partial charge on any atom is -0.449 e. The Hall–Kier alpha value is -3.36. The number of hydrogen-bond acceptors (Lipinski definition) is 6. The van der Waals surface area contributed by atoms with Crippen molar-refractivity contribution in [2.24, 2.45) is 0 Å². The molecule has 0 saturated carbocycles. The number of rotatable bonds is 5. The molecule has 8 heteroatoms. The van der Waals surface area contributed by atoms with E-state index in [1.165, 1.54) is 0 Å². The average Bonchev–Trinajstić information content (AvgIpc) is 3.37. The van der Waals surface area contributed by atoms with Crippen molar-refractivity contribution in [1.82, 2.24) is 4.90 Å². The van der Waals surface area contributed by atoms with Crippen LogP contribution in [0, 0.1) is 0 Å². The molecule has 0 radical (unpaired) electrons. The molecule has 0 unspecified atom stereocenters. The quantitative estimate of drug-likeness (QED) is 0.479. The van der Waals surface area contributed by atoms with Crippen molar-refractivity contribution in [3.63, 3.8) is 0 Å². The summed E-state index contributed by atoms with van der Waals surface area (Å²) >= 11 is 1.63. The van der Waals surface area contributed by atoms with Gasteiger partial charge in [-0.2, -0.15) is 0 Å². The van der Waals surface area contributed by atoms with E-state index in [0.29, 0.717) is 56.3 Å². The Morgan fingerprint density at radius 2 is 1.85 bits per heavy atom. The summed E-state index contributed by atoms with van der Waals surface area (Å²) in [7, 11) is 0. The first-order chi connectivity index (χ1) is 16.6. The van der Waals surface area contributed by atoms with Gasteiger partial charge in [-0.3, -0.25) is 4.79 Å². The smallest absolute Gasteiger partial charge is 0.410 e. The Morgan fingerprint density at radius 1 is 1.03 bits per heavy atom. The van der Waals surface area contributed by atoms with E-state index >= 15 is 0 Å². The Kier molecular flexibility index (Phi) is 8.17.